The first kappa shape index (κ1) is 16.9. The fourth-order valence-electron chi connectivity index (χ4n) is 1.68. The van der Waals surface area contributed by atoms with Crippen molar-refractivity contribution in [2.24, 2.45) is 0 Å². The van der Waals surface area contributed by atoms with Gasteiger partial charge >= 0.3 is 0 Å². The van der Waals surface area contributed by atoms with Gasteiger partial charge in [0.15, 0.2) is 12.4 Å². The molecule has 0 spiro atoms. The number of methoxy groups -OCH3 is 1. The second kappa shape index (κ2) is 7.72. The number of benzene rings is 2. The highest BCUT2D eigenvalue weighted by Gasteiger charge is 2.11. The SMILES string of the molecule is COc1ccc(NC(=O)COc2c(Cl)cc(Cl)cc2Br)cc1. The van der Waals surface area contributed by atoms with Crippen molar-refractivity contribution in [1.29, 1.82) is 0 Å². The summed E-state index contributed by atoms with van der Waals surface area (Å²) in [5.41, 5.74) is 0.649. The highest BCUT2D eigenvalue weighted by Crippen LogP contribution is 2.36. The third kappa shape index (κ3) is 4.53. The zero-order chi connectivity index (χ0) is 16.1. The predicted molar refractivity (Wildman–Crippen MR) is 91.3 cm³/mol. The van der Waals surface area contributed by atoms with E-state index in [-0.39, 0.29) is 12.5 Å². The molecule has 0 aliphatic carbocycles. The molecule has 4 nitrogen and oxygen atoms in total. The Morgan fingerprint density at radius 2 is 1.91 bits per heavy atom. The summed E-state index contributed by atoms with van der Waals surface area (Å²) in [7, 11) is 1.58. The van der Waals surface area contributed by atoms with Crippen molar-refractivity contribution in [2.45, 2.75) is 0 Å². The van der Waals surface area contributed by atoms with Gasteiger partial charge in [-0.05, 0) is 52.3 Å². The largest absolute Gasteiger partial charge is 0.497 e. The van der Waals surface area contributed by atoms with Crippen molar-refractivity contribution >= 4 is 50.7 Å². The molecule has 7 heteroatoms. The van der Waals surface area contributed by atoms with E-state index in [2.05, 4.69) is 21.2 Å². The zero-order valence-corrected chi connectivity index (χ0v) is 14.6. The number of nitrogens with one attached hydrogen (secondary N) is 1. The van der Waals surface area contributed by atoms with Crippen LogP contribution in [0.4, 0.5) is 5.69 Å². The van der Waals surface area contributed by atoms with Crippen LogP contribution in [0.25, 0.3) is 0 Å². The standard InChI is InChI=1S/C15H12BrCl2NO3/c1-21-11-4-2-10(3-5-11)19-14(20)8-22-15-12(16)6-9(17)7-13(15)18/h2-7H,8H2,1H3,(H,19,20). The monoisotopic (exact) mass is 403 g/mol. The van der Waals surface area contributed by atoms with Crippen molar-refractivity contribution < 1.29 is 14.3 Å². The molecule has 0 atom stereocenters. The lowest BCUT2D eigenvalue weighted by Gasteiger charge is -2.11. The topological polar surface area (TPSA) is 47.6 Å². The lowest BCUT2D eigenvalue weighted by atomic mass is 10.3. The Kier molecular flexibility index (Phi) is 5.94. The number of hydrogen-bond acceptors (Lipinski definition) is 3. The van der Waals surface area contributed by atoms with Crippen LogP contribution in [0.3, 0.4) is 0 Å². The smallest absolute Gasteiger partial charge is 0.262 e. The Hall–Kier alpha value is -1.43. The van der Waals surface area contributed by atoms with E-state index in [0.717, 1.165) is 0 Å². The number of amides is 1. The van der Waals surface area contributed by atoms with Gasteiger partial charge in [-0.2, -0.15) is 0 Å². The number of rotatable bonds is 5. The highest BCUT2D eigenvalue weighted by molar-refractivity contribution is 9.10. The van der Waals surface area contributed by atoms with Gasteiger partial charge in [0.1, 0.15) is 5.75 Å². The Bertz CT molecular complexity index is 654. The van der Waals surface area contributed by atoms with Crippen LogP contribution in [0.5, 0.6) is 11.5 Å². The first-order chi connectivity index (χ1) is 10.5. The fourth-order valence-corrected chi connectivity index (χ4v) is 3.04. The van der Waals surface area contributed by atoms with Gasteiger partial charge in [-0.1, -0.05) is 23.2 Å². The van der Waals surface area contributed by atoms with Crippen LogP contribution in [0.2, 0.25) is 10.0 Å². The van der Waals surface area contributed by atoms with Crippen LogP contribution in [-0.2, 0) is 4.79 Å². The van der Waals surface area contributed by atoms with Crippen LogP contribution < -0.4 is 14.8 Å². The van der Waals surface area contributed by atoms with Gasteiger partial charge in [0, 0.05) is 10.7 Å². The van der Waals surface area contributed by atoms with E-state index < -0.39 is 0 Å². The fraction of sp³-hybridized carbons (Fsp3) is 0.133. The molecule has 0 aromatic heterocycles. The Morgan fingerprint density at radius 3 is 2.50 bits per heavy atom. The number of carbonyl (C=O) groups is 1. The third-order valence-electron chi connectivity index (χ3n) is 2.68. The van der Waals surface area contributed by atoms with Crippen molar-refractivity contribution in [2.75, 3.05) is 19.0 Å². The van der Waals surface area contributed by atoms with E-state index in [1.165, 1.54) is 0 Å². The van der Waals surface area contributed by atoms with E-state index in [1.54, 1.807) is 43.5 Å². The van der Waals surface area contributed by atoms with Gasteiger partial charge < -0.3 is 14.8 Å². The summed E-state index contributed by atoms with van der Waals surface area (Å²) in [5.74, 6) is 0.783. The van der Waals surface area contributed by atoms with Crippen LogP contribution in [0.15, 0.2) is 40.9 Å². The van der Waals surface area contributed by atoms with Crippen LogP contribution in [0.1, 0.15) is 0 Å². The molecule has 2 rings (SSSR count). The number of anilines is 1. The third-order valence-corrected chi connectivity index (χ3v) is 3.77. The molecule has 2 aromatic rings. The molecule has 0 unspecified atom stereocenters. The van der Waals surface area contributed by atoms with Gasteiger partial charge in [-0.15, -0.1) is 0 Å². The van der Waals surface area contributed by atoms with Crippen molar-refractivity contribution in [3.05, 3.63) is 50.9 Å². The van der Waals surface area contributed by atoms with E-state index in [0.29, 0.717) is 31.7 Å². The van der Waals surface area contributed by atoms with Crippen LogP contribution >= 0.6 is 39.1 Å². The maximum Gasteiger partial charge on any atom is 0.262 e. The minimum atomic E-state index is -0.303. The van der Waals surface area contributed by atoms with Gasteiger partial charge in [0.25, 0.3) is 5.91 Å². The molecule has 0 saturated carbocycles. The Balaban J connectivity index is 1.95. The number of ether oxygens (including phenoxy) is 2. The number of hydrogen-bond donors (Lipinski definition) is 1. The van der Waals surface area contributed by atoms with Gasteiger partial charge in [-0.25, -0.2) is 0 Å². The minimum Gasteiger partial charge on any atom is -0.497 e. The molecule has 116 valence electrons. The Morgan fingerprint density at radius 1 is 1.23 bits per heavy atom. The van der Waals surface area contributed by atoms with Gasteiger partial charge in [0.2, 0.25) is 0 Å². The summed E-state index contributed by atoms with van der Waals surface area (Å²) in [6, 6.07) is 10.2. The summed E-state index contributed by atoms with van der Waals surface area (Å²) in [6.45, 7) is -0.175. The summed E-state index contributed by atoms with van der Waals surface area (Å²) in [6.07, 6.45) is 0. The van der Waals surface area contributed by atoms with Crippen LogP contribution in [0, 0.1) is 0 Å². The molecule has 0 fully saturated rings. The molecular formula is C15H12BrCl2NO3. The molecular weight excluding hydrogens is 393 g/mol. The van der Waals surface area contributed by atoms with E-state index in [1.807, 2.05) is 0 Å². The Labute approximate surface area is 146 Å². The molecule has 0 bridgehead atoms. The number of halogens is 3. The predicted octanol–water partition coefficient (Wildman–Crippen LogP) is 4.78. The summed E-state index contributed by atoms with van der Waals surface area (Å²) in [5, 5.41) is 3.52. The molecule has 1 N–H and O–H groups in total. The quantitative estimate of drug-likeness (QED) is 0.779. The summed E-state index contributed by atoms with van der Waals surface area (Å²) in [4.78, 5) is 11.9. The minimum absolute atomic E-state index is 0.175. The second-order valence-electron chi connectivity index (χ2n) is 4.26. The molecule has 0 aliphatic rings. The maximum absolute atomic E-state index is 11.9. The van der Waals surface area contributed by atoms with Gasteiger partial charge in [-0.3, -0.25) is 4.79 Å². The molecule has 1 amide bonds. The zero-order valence-electron chi connectivity index (χ0n) is 11.5. The normalized spacial score (nSPS) is 10.2. The molecule has 0 aliphatic heterocycles. The summed E-state index contributed by atoms with van der Waals surface area (Å²) >= 11 is 15.2. The average molecular weight is 405 g/mol. The van der Waals surface area contributed by atoms with E-state index >= 15 is 0 Å². The highest BCUT2D eigenvalue weighted by atomic mass is 79.9. The lowest BCUT2D eigenvalue weighted by Crippen LogP contribution is -2.20. The lowest BCUT2D eigenvalue weighted by molar-refractivity contribution is -0.118. The average Bonchev–Trinajstić information content (AvgIpc) is 2.47. The molecule has 22 heavy (non-hydrogen) atoms. The number of carbonyl (C=O) groups excluding carboxylic acids is 1. The van der Waals surface area contributed by atoms with Crippen molar-refractivity contribution in [3.8, 4) is 11.5 Å². The summed E-state index contributed by atoms with van der Waals surface area (Å²) < 4.78 is 11.1. The van der Waals surface area contributed by atoms with Gasteiger partial charge in [0.05, 0.1) is 16.6 Å². The molecule has 0 saturated heterocycles. The van der Waals surface area contributed by atoms with Crippen molar-refractivity contribution in [3.63, 3.8) is 0 Å². The molecule has 0 heterocycles. The van der Waals surface area contributed by atoms with E-state index in [4.69, 9.17) is 32.7 Å². The van der Waals surface area contributed by atoms with Crippen LogP contribution in [-0.4, -0.2) is 19.6 Å². The molecule has 0 radical (unpaired) electrons. The van der Waals surface area contributed by atoms with Crippen molar-refractivity contribution in [1.82, 2.24) is 0 Å². The first-order valence-electron chi connectivity index (χ1n) is 6.21. The van der Waals surface area contributed by atoms with E-state index in [9.17, 15) is 4.79 Å². The first-order valence-corrected chi connectivity index (χ1v) is 7.75. The second-order valence-corrected chi connectivity index (χ2v) is 5.96. The maximum atomic E-state index is 11.9. The molecule has 2 aromatic carbocycles.